The quantitative estimate of drug-likeness (QED) is 0.120. The first-order chi connectivity index (χ1) is 21.8. The SMILES string of the molecule is CSc1c(Cl)c(Cl)c(C(=O)O)c(C2=c3c(c4c(c5ccccc35)=[N+](C)CCC4)Oc3c2cc2c4c3CCCN4CCCC2)c1Cl. The molecule has 4 heterocycles. The van der Waals surface area contributed by atoms with Crippen LogP contribution in [0, 0.1) is 0 Å². The van der Waals surface area contributed by atoms with Crippen molar-refractivity contribution in [2.75, 3.05) is 37.8 Å². The Kier molecular flexibility index (Phi) is 7.29. The van der Waals surface area contributed by atoms with Crippen LogP contribution in [0.3, 0.4) is 0 Å². The molecule has 0 fully saturated rings. The predicted octanol–water partition coefficient (Wildman–Crippen LogP) is 7.73. The molecule has 0 aromatic heterocycles. The van der Waals surface area contributed by atoms with E-state index in [1.807, 2.05) is 12.3 Å². The summed E-state index contributed by atoms with van der Waals surface area (Å²) in [7, 11) is 2.14. The molecule has 4 aliphatic heterocycles. The Bertz CT molecular complexity index is 2130. The van der Waals surface area contributed by atoms with Crippen LogP contribution >= 0.6 is 46.6 Å². The molecule has 1 N–H and O–H groups in total. The molecule has 8 rings (SSSR count). The third-order valence-corrected chi connectivity index (χ3v) is 12.2. The second kappa shape index (κ2) is 11.1. The van der Waals surface area contributed by atoms with Gasteiger partial charge < -0.3 is 14.7 Å². The Hall–Kier alpha value is -2.90. The molecule has 4 aromatic rings. The average Bonchev–Trinajstić information content (AvgIpc) is 3.25. The first-order valence-corrected chi connectivity index (χ1v) is 17.9. The number of benzene rings is 4. The number of hydrogen-bond acceptors (Lipinski definition) is 4. The number of anilines is 1. The van der Waals surface area contributed by atoms with Crippen molar-refractivity contribution in [3.05, 3.63) is 89.4 Å². The van der Waals surface area contributed by atoms with Gasteiger partial charge in [0.2, 0.25) is 5.36 Å². The number of fused-ring (bicyclic) bond motifs is 8. The maximum atomic E-state index is 13.1. The van der Waals surface area contributed by atoms with E-state index in [0.717, 1.165) is 109 Å². The molecule has 9 heteroatoms. The van der Waals surface area contributed by atoms with Crippen molar-refractivity contribution in [1.29, 1.82) is 0 Å². The van der Waals surface area contributed by atoms with Gasteiger partial charge in [0.15, 0.2) is 0 Å². The van der Waals surface area contributed by atoms with Crippen molar-refractivity contribution in [3.8, 4) is 11.5 Å². The smallest absolute Gasteiger partial charge is 0.337 e. The zero-order chi connectivity index (χ0) is 31.1. The molecular formula is C36H32Cl3N2O3S+. The Morgan fingerprint density at radius 2 is 1.69 bits per heavy atom. The van der Waals surface area contributed by atoms with Gasteiger partial charge in [-0.25, -0.2) is 9.37 Å². The van der Waals surface area contributed by atoms with Crippen LogP contribution in [0.15, 0.2) is 35.2 Å². The first-order valence-electron chi connectivity index (χ1n) is 15.6. The van der Waals surface area contributed by atoms with E-state index in [4.69, 9.17) is 39.5 Å². The second-order valence-electron chi connectivity index (χ2n) is 12.4. The second-order valence-corrected chi connectivity index (χ2v) is 14.3. The zero-order valence-electron chi connectivity index (χ0n) is 25.2. The monoisotopic (exact) mass is 677 g/mol. The molecule has 4 aromatic carbocycles. The molecule has 0 amide bonds. The van der Waals surface area contributed by atoms with Gasteiger partial charge in [-0.15, -0.1) is 11.8 Å². The molecule has 0 saturated carbocycles. The lowest BCUT2D eigenvalue weighted by molar-refractivity contribution is 0.0696. The van der Waals surface area contributed by atoms with E-state index < -0.39 is 5.97 Å². The molecule has 0 aliphatic carbocycles. The van der Waals surface area contributed by atoms with Crippen LogP contribution < -0.4 is 24.8 Å². The highest BCUT2D eigenvalue weighted by molar-refractivity contribution is 7.98. The summed E-state index contributed by atoms with van der Waals surface area (Å²) in [4.78, 5) is 16.2. The summed E-state index contributed by atoms with van der Waals surface area (Å²) in [5.74, 6) is 0.444. The van der Waals surface area contributed by atoms with Gasteiger partial charge in [0.05, 0.1) is 31.6 Å². The van der Waals surface area contributed by atoms with E-state index in [2.05, 4.69) is 40.8 Å². The molecule has 5 nitrogen and oxygen atoms in total. The Labute approximate surface area is 281 Å². The fourth-order valence-corrected chi connectivity index (χ4v) is 10.00. The van der Waals surface area contributed by atoms with Crippen molar-refractivity contribution in [3.63, 3.8) is 0 Å². The fraction of sp³-hybridized carbons (Fsp3) is 0.333. The van der Waals surface area contributed by atoms with Gasteiger partial charge >= 0.3 is 5.97 Å². The van der Waals surface area contributed by atoms with Crippen molar-refractivity contribution in [2.24, 2.45) is 0 Å². The Morgan fingerprint density at radius 1 is 0.933 bits per heavy atom. The number of aryl methyl sites for hydroxylation is 1. The molecule has 0 unspecified atom stereocenters. The maximum Gasteiger partial charge on any atom is 0.337 e. The van der Waals surface area contributed by atoms with Crippen LogP contribution in [0.1, 0.15) is 63.9 Å². The van der Waals surface area contributed by atoms with Crippen LogP contribution in [-0.4, -0.2) is 44.0 Å². The largest absolute Gasteiger partial charge is 0.478 e. The van der Waals surface area contributed by atoms with Crippen LogP contribution in [0.25, 0.3) is 16.3 Å². The van der Waals surface area contributed by atoms with Crippen molar-refractivity contribution in [2.45, 2.75) is 49.8 Å². The number of carboxylic acids is 1. The Balaban J connectivity index is 1.66. The summed E-state index contributed by atoms with van der Waals surface area (Å²) in [5, 5.41) is 15.3. The van der Waals surface area contributed by atoms with Crippen molar-refractivity contribution in [1.82, 2.24) is 4.58 Å². The van der Waals surface area contributed by atoms with Gasteiger partial charge in [0.1, 0.15) is 25.1 Å². The third-order valence-electron chi connectivity index (χ3n) is 9.93. The molecule has 0 spiro atoms. The lowest BCUT2D eigenvalue weighted by Gasteiger charge is -2.36. The minimum atomic E-state index is -1.17. The summed E-state index contributed by atoms with van der Waals surface area (Å²) >= 11 is 22.2. The topological polar surface area (TPSA) is 52.8 Å². The number of halogens is 3. The van der Waals surface area contributed by atoms with E-state index >= 15 is 0 Å². The van der Waals surface area contributed by atoms with Crippen LogP contribution in [0.4, 0.5) is 5.69 Å². The summed E-state index contributed by atoms with van der Waals surface area (Å²) in [6.45, 7) is 3.03. The summed E-state index contributed by atoms with van der Waals surface area (Å²) < 4.78 is 9.54. The molecule has 0 radical (unpaired) electrons. The predicted molar refractivity (Wildman–Crippen MR) is 185 cm³/mol. The van der Waals surface area contributed by atoms with E-state index in [1.54, 1.807) is 0 Å². The number of ether oxygens (including phenoxy) is 1. The molecule has 45 heavy (non-hydrogen) atoms. The highest BCUT2D eigenvalue weighted by Crippen LogP contribution is 2.52. The van der Waals surface area contributed by atoms with Crippen molar-refractivity contribution >= 4 is 74.6 Å². The maximum absolute atomic E-state index is 13.1. The number of carbonyl (C=O) groups is 1. The number of thioether (sulfide) groups is 1. The summed E-state index contributed by atoms with van der Waals surface area (Å²) in [6.07, 6.45) is 8.87. The van der Waals surface area contributed by atoms with Gasteiger partial charge in [0, 0.05) is 57.6 Å². The standard InChI is InChI=1S/C36H31Cl3N2O3S/c1-40-14-7-12-22-32(40)20-11-4-3-10-19(20)25-24(26-27(36(42)43)28(37)30(39)35(45-2)29(26)38)23-17-18-9-5-6-15-41-16-8-13-21(31(18)41)33(23)44-34(22)25/h3-4,10-11,17H,5-9,12-16H2,1-2H3/p+1. The number of carboxylic acid groups (broad SMARTS) is 1. The van der Waals surface area contributed by atoms with Crippen molar-refractivity contribution < 1.29 is 14.6 Å². The average molecular weight is 679 g/mol. The summed E-state index contributed by atoms with van der Waals surface area (Å²) in [6, 6.07) is 10.6. The lowest BCUT2D eigenvalue weighted by atomic mass is 9.82. The first kappa shape index (κ1) is 29.5. The molecule has 0 bridgehead atoms. The molecule has 230 valence electrons. The minimum absolute atomic E-state index is 0.000664. The number of aromatic carboxylic acids is 1. The van der Waals surface area contributed by atoms with E-state index in [9.17, 15) is 9.90 Å². The van der Waals surface area contributed by atoms with Gasteiger partial charge in [-0.2, -0.15) is 0 Å². The van der Waals surface area contributed by atoms with Gasteiger partial charge in [-0.3, -0.25) is 0 Å². The number of nitrogens with zero attached hydrogens (tertiary/aromatic N) is 2. The lowest BCUT2D eigenvalue weighted by Crippen LogP contribution is -2.38. The van der Waals surface area contributed by atoms with Gasteiger partial charge in [-0.1, -0.05) is 53.0 Å². The molecular weight excluding hydrogens is 647 g/mol. The third kappa shape index (κ3) is 4.28. The Morgan fingerprint density at radius 3 is 2.47 bits per heavy atom. The van der Waals surface area contributed by atoms with Gasteiger partial charge in [0.25, 0.3) is 0 Å². The normalized spacial score (nSPS) is 16.9. The van der Waals surface area contributed by atoms with E-state index in [-0.39, 0.29) is 15.6 Å². The van der Waals surface area contributed by atoms with Crippen LogP contribution in [-0.2, 0) is 19.3 Å². The fourth-order valence-electron chi connectivity index (χ4n) is 8.13. The van der Waals surface area contributed by atoms with Crippen LogP contribution in [0.5, 0.6) is 11.5 Å². The number of rotatable bonds is 3. The minimum Gasteiger partial charge on any atom is -0.478 e. The highest BCUT2D eigenvalue weighted by Gasteiger charge is 2.38. The molecule has 0 saturated heterocycles. The van der Waals surface area contributed by atoms with E-state index in [1.165, 1.54) is 33.9 Å². The highest BCUT2D eigenvalue weighted by atomic mass is 35.5. The summed E-state index contributed by atoms with van der Waals surface area (Å²) in [5.41, 5.74) is 6.90. The molecule has 4 aliphatic rings. The number of hydrogen-bond donors (Lipinski definition) is 1. The zero-order valence-corrected chi connectivity index (χ0v) is 28.2. The van der Waals surface area contributed by atoms with E-state index in [0.29, 0.717) is 15.5 Å². The van der Waals surface area contributed by atoms with Gasteiger partial charge in [-0.05, 0) is 67.9 Å². The van der Waals surface area contributed by atoms with Crippen LogP contribution in [0.2, 0.25) is 15.1 Å². The molecule has 0 atom stereocenters.